The van der Waals surface area contributed by atoms with E-state index >= 15 is 0 Å². The molecule has 0 saturated heterocycles. The molecule has 0 heterocycles. The van der Waals surface area contributed by atoms with Crippen LogP contribution in [0.4, 0.5) is 0 Å². The summed E-state index contributed by atoms with van der Waals surface area (Å²) in [4.78, 5) is 0. The Kier molecular flexibility index (Phi) is 9.74. The molecule has 4 heteroatoms. The molecule has 0 aromatic rings. The summed E-state index contributed by atoms with van der Waals surface area (Å²) < 4.78 is 21.6. The molecule has 0 aromatic carbocycles. The second kappa shape index (κ2) is 9.83. The molecule has 0 atom stereocenters. The van der Waals surface area contributed by atoms with E-state index in [2.05, 4.69) is 0 Å². The van der Waals surface area contributed by atoms with E-state index in [9.17, 15) is 0 Å². The lowest BCUT2D eigenvalue weighted by atomic mass is 10.2. The van der Waals surface area contributed by atoms with Crippen LogP contribution in [-0.4, -0.2) is 51.3 Å². The second-order valence-electron chi connectivity index (χ2n) is 5.11. The summed E-state index contributed by atoms with van der Waals surface area (Å²) in [5.74, 6) is 0. The Balaban J connectivity index is 3.04. The molecule has 0 unspecified atom stereocenters. The summed E-state index contributed by atoms with van der Waals surface area (Å²) >= 11 is 0. The van der Waals surface area contributed by atoms with Crippen LogP contribution in [-0.2, 0) is 18.9 Å². The SMILES string of the molecule is CC(C)OCCOCCOCCOC(C)(C)C. The van der Waals surface area contributed by atoms with Gasteiger partial charge in [0.05, 0.1) is 51.3 Å². The molecule has 0 fully saturated rings. The van der Waals surface area contributed by atoms with E-state index in [1.54, 1.807) is 0 Å². The fourth-order valence-corrected chi connectivity index (χ4v) is 1.07. The summed E-state index contributed by atoms with van der Waals surface area (Å²) in [6.07, 6.45) is 0.268. The van der Waals surface area contributed by atoms with Gasteiger partial charge in [0.1, 0.15) is 0 Å². The Bertz CT molecular complexity index is 163. The van der Waals surface area contributed by atoms with Gasteiger partial charge in [-0.15, -0.1) is 0 Å². The van der Waals surface area contributed by atoms with Gasteiger partial charge >= 0.3 is 0 Å². The normalized spacial score (nSPS) is 12.4. The van der Waals surface area contributed by atoms with E-state index in [1.807, 2.05) is 34.6 Å². The average molecular weight is 248 g/mol. The van der Waals surface area contributed by atoms with E-state index in [1.165, 1.54) is 0 Å². The maximum atomic E-state index is 5.51. The third kappa shape index (κ3) is 15.8. The molecular formula is C13H28O4. The van der Waals surface area contributed by atoms with E-state index in [0.29, 0.717) is 39.6 Å². The quantitative estimate of drug-likeness (QED) is 0.556. The molecule has 104 valence electrons. The third-order valence-corrected chi connectivity index (χ3v) is 1.81. The zero-order valence-corrected chi connectivity index (χ0v) is 12.0. The summed E-state index contributed by atoms with van der Waals surface area (Å²) in [7, 11) is 0. The molecule has 4 nitrogen and oxygen atoms in total. The number of ether oxygens (including phenoxy) is 4. The van der Waals surface area contributed by atoms with E-state index in [-0.39, 0.29) is 11.7 Å². The van der Waals surface area contributed by atoms with Gasteiger partial charge in [-0.25, -0.2) is 0 Å². The summed E-state index contributed by atoms with van der Waals surface area (Å²) in [6.45, 7) is 13.8. The monoisotopic (exact) mass is 248 g/mol. The van der Waals surface area contributed by atoms with Gasteiger partial charge in [0.15, 0.2) is 0 Å². The minimum Gasteiger partial charge on any atom is -0.377 e. The van der Waals surface area contributed by atoms with E-state index in [4.69, 9.17) is 18.9 Å². The number of hydrogen-bond donors (Lipinski definition) is 0. The minimum atomic E-state index is -0.0892. The summed E-state index contributed by atoms with van der Waals surface area (Å²) in [5.41, 5.74) is -0.0892. The van der Waals surface area contributed by atoms with E-state index in [0.717, 1.165) is 0 Å². The predicted molar refractivity (Wildman–Crippen MR) is 68.4 cm³/mol. The Morgan fingerprint density at radius 3 is 1.71 bits per heavy atom. The molecule has 0 aliphatic rings. The minimum absolute atomic E-state index is 0.0892. The van der Waals surface area contributed by atoms with Crippen molar-refractivity contribution in [2.75, 3.05) is 39.6 Å². The van der Waals surface area contributed by atoms with E-state index < -0.39 is 0 Å². The first kappa shape index (κ1) is 16.8. The van der Waals surface area contributed by atoms with Gasteiger partial charge < -0.3 is 18.9 Å². The van der Waals surface area contributed by atoms with Crippen LogP contribution in [0.25, 0.3) is 0 Å². The Hall–Kier alpha value is -0.160. The topological polar surface area (TPSA) is 36.9 Å². The molecule has 0 N–H and O–H groups in total. The van der Waals surface area contributed by atoms with Gasteiger partial charge in [-0.05, 0) is 34.6 Å². The maximum Gasteiger partial charge on any atom is 0.0707 e. The lowest BCUT2D eigenvalue weighted by Gasteiger charge is -2.19. The maximum absolute atomic E-state index is 5.51. The molecule has 17 heavy (non-hydrogen) atoms. The molecule has 0 aromatic heterocycles. The first-order chi connectivity index (χ1) is 7.92. The van der Waals surface area contributed by atoms with Crippen LogP contribution in [0.3, 0.4) is 0 Å². The highest BCUT2D eigenvalue weighted by Crippen LogP contribution is 2.05. The molecular weight excluding hydrogens is 220 g/mol. The van der Waals surface area contributed by atoms with Gasteiger partial charge in [-0.2, -0.15) is 0 Å². The molecule has 0 amide bonds. The van der Waals surface area contributed by atoms with Crippen LogP contribution < -0.4 is 0 Å². The predicted octanol–water partition coefficient (Wildman–Crippen LogP) is 2.26. The van der Waals surface area contributed by atoms with Crippen molar-refractivity contribution in [2.45, 2.75) is 46.3 Å². The van der Waals surface area contributed by atoms with Crippen LogP contribution in [0.5, 0.6) is 0 Å². The van der Waals surface area contributed by atoms with Gasteiger partial charge in [0.25, 0.3) is 0 Å². The smallest absolute Gasteiger partial charge is 0.0707 e. The number of hydrogen-bond acceptors (Lipinski definition) is 4. The molecule has 0 saturated carbocycles. The lowest BCUT2D eigenvalue weighted by molar-refractivity contribution is -0.0465. The fraction of sp³-hybridized carbons (Fsp3) is 1.00. The van der Waals surface area contributed by atoms with Crippen molar-refractivity contribution >= 4 is 0 Å². The lowest BCUT2D eigenvalue weighted by Crippen LogP contribution is -2.22. The highest BCUT2D eigenvalue weighted by Gasteiger charge is 2.08. The van der Waals surface area contributed by atoms with Crippen LogP contribution in [0, 0.1) is 0 Å². The zero-order valence-electron chi connectivity index (χ0n) is 12.0. The fourth-order valence-electron chi connectivity index (χ4n) is 1.07. The van der Waals surface area contributed by atoms with Crippen molar-refractivity contribution in [3.8, 4) is 0 Å². The Morgan fingerprint density at radius 2 is 1.24 bits per heavy atom. The van der Waals surface area contributed by atoms with Crippen molar-refractivity contribution in [1.82, 2.24) is 0 Å². The van der Waals surface area contributed by atoms with Gasteiger partial charge in [-0.1, -0.05) is 0 Å². The van der Waals surface area contributed by atoms with Crippen LogP contribution in [0.1, 0.15) is 34.6 Å². The average Bonchev–Trinajstić information content (AvgIpc) is 2.18. The molecule has 0 spiro atoms. The van der Waals surface area contributed by atoms with Crippen LogP contribution >= 0.6 is 0 Å². The van der Waals surface area contributed by atoms with Crippen LogP contribution in [0.15, 0.2) is 0 Å². The standard InChI is InChI=1S/C13H28O4/c1-12(2)16-10-8-14-6-7-15-9-11-17-13(3,4)5/h12H,6-11H2,1-5H3. The number of rotatable bonds is 10. The summed E-state index contributed by atoms with van der Waals surface area (Å²) in [6, 6.07) is 0. The van der Waals surface area contributed by atoms with Gasteiger partial charge in [0, 0.05) is 0 Å². The van der Waals surface area contributed by atoms with Crippen LogP contribution in [0.2, 0.25) is 0 Å². The van der Waals surface area contributed by atoms with Crippen molar-refractivity contribution in [2.24, 2.45) is 0 Å². The molecule has 0 radical (unpaired) electrons. The highest BCUT2D eigenvalue weighted by atomic mass is 16.6. The van der Waals surface area contributed by atoms with Crippen molar-refractivity contribution in [1.29, 1.82) is 0 Å². The van der Waals surface area contributed by atoms with Crippen molar-refractivity contribution in [3.63, 3.8) is 0 Å². The first-order valence-electron chi connectivity index (χ1n) is 6.33. The molecule has 0 aliphatic heterocycles. The van der Waals surface area contributed by atoms with Crippen molar-refractivity contribution in [3.05, 3.63) is 0 Å². The highest BCUT2D eigenvalue weighted by molar-refractivity contribution is 4.57. The summed E-state index contributed by atoms with van der Waals surface area (Å²) in [5, 5.41) is 0. The molecule has 0 bridgehead atoms. The largest absolute Gasteiger partial charge is 0.377 e. The Labute approximate surface area is 106 Å². The van der Waals surface area contributed by atoms with Crippen molar-refractivity contribution < 1.29 is 18.9 Å². The molecule has 0 rings (SSSR count). The Morgan fingerprint density at radius 1 is 0.765 bits per heavy atom. The zero-order chi connectivity index (χ0) is 13.1. The van der Waals surface area contributed by atoms with Gasteiger partial charge in [0.2, 0.25) is 0 Å². The first-order valence-corrected chi connectivity index (χ1v) is 6.33. The molecule has 0 aliphatic carbocycles. The third-order valence-electron chi connectivity index (χ3n) is 1.81. The van der Waals surface area contributed by atoms with Gasteiger partial charge in [-0.3, -0.25) is 0 Å². The second-order valence-corrected chi connectivity index (χ2v) is 5.11.